The minimum Gasteiger partial charge on any atom is -0.272 e. The summed E-state index contributed by atoms with van der Waals surface area (Å²) in [7, 11) is 0. The number of carbonyl (C=O) groups excluding carboxylic acids is 2. The lowest BCUT2D eigenvalue weighted by molar-refractivity contribution is -0.118. The van der Waals surface area contributed by atoms with Crippen LogP contribution in [0.1, 0.15) is 61.6 Å². The lowest BCUT2D eigenvalue weighted by Crippen LogP contribution is -2.15. The number of thiophene rings is 1. The Kier molecular flexibility index (Phi) is 5.93. The summed E-state index contributed by atoms with van der Waals surface area (Å²) in [6, 6.07) is 13.7. The summed E-state index contributed by atoms with van der Waals surface area (Å²) < 4.78 is 1.98. The molecule has 0 radical (unpaired) electrons. The highest BCUT2D eigenvalue weighted by Gasteiger charge is 2.32. The van der Waals surface area contributed by atoms with E-state index in [1.165, 1.54) is 0 Å². The molecule has 2 amide bonds. The number of hydrogen-bond acceptors (Lipinski definition) is 6. The van der Waals surface area contributed by atoms with Gasteiger partial charge in [-0.25, -0.2) is 0 Å². The Morgan fingerprint density at radius 1 is 1.03 bits per heavy atom. The van der Waals surface area contributed by atoms with Gasteiger partial charge in [-0.2, -0.15) is 4.99 Å². The molecule has 1 atom stereocenters. The number of fused-ring (bicyclic) bond motifs is 4. The molecule has 2 aliphatic heterocycles. The van der Waals surface area contributed by atoms with Gasteiger partial charge in [0.25, 0.3) is 5.91 Å². The monoisotopic (exact) mass is 541 g/mol. The van der Waals surface area contributed by atoms with Gasteiger partial charge in [0.05, 0.1) is 17.7 Å². The fourth-order valence-corrected chi connectivity index (χ4v) is 5.95. The molecule has 2 aromatic carbocycles. The first-order valence-electron chi connectivity index (χ1n) is 11.8. The van der Waals surface area contributed by atoms with Gasteiger partial charge in [-0.3, -0.25) is 19.1 Å². The van der Waals surface area contributed by atoms with Crippen LogP contribution < -0.4 is 0 Å². The molecule has 4 heterocycles. The van der Waals surface area contributed by atoms with Crippen molar-refractivity contribution >= 4 is 46.3 Å². The molecule has 0 aliphatic carbocycles. The fourth-order valence-electron chi connectivity index (χ4n) is 4.61. The molecule has 11 heteroatoms. The third-order valence-electron chi connectivity index (χ3n) is 6.59. The van der Waals surface area contributed by atoms with E-state index in [0.717, 1.165) is 32.3 Å². The zero-order valence-electron chi connectivity index (χ0n) is 20.6. The molecule has 188 valence electrons. The van der Waals surface area contributed by atoms with Crippen molar-refractivity contribution < 1.29 is 9.59 Å². The average Bonchev–Trinajstić information content (AvgIpc) is 3.38. The molecule has 2 aromatic heterocycles. The average molecular weight is 542 g/mol. The molecule has 0 unspecified atom stereocenters. The Morgan fingerprint density at radius 3 is 2.53 bits per heavy atom. The van der Waals surface area contributed by atoms with Crippen LogP contribution in [0.4, 0.5) is 0 Å². The van der Waals surface area contributed by atoms with Crippen molar-refractivity contribution in [1.29, 1.82) is 0 Å². The van der Waals surface area contributed by atoms with Crippen LogP contribution in [0, 0.1) is 20.8 Å². The molecule has 0 spiro atoms. The fraction of sp³-hybridized carbons (Fsp3) is 0.185. The number of halogens is 1. The van der Waals surface area contributed by atoms with Crippen LogP contribution >= 0.6 is 22.9 Å². The normalized spacial score (nSPS) is 17.1. The lowest BCUT2D eigenvalue weighted by atomic mass is 9.99. The van der Waals surface area contributed by atoms with E-state index in [-0.39, 0.29) is 12.3 Å². The summed E-state index contributed by atoms with van der Waals surface area (Å²) in [5.41, 5.74) is 4.55. The number of nitrogens with zero attached hydrogens (tertiary/aromatic N) is 7. The summed E-state index contributed by atoms with van der Waals surface area (Å²) in [4.78, 5) is 35.9. The van der Waals surface area contributed by atoms with Crippen molar-refractivity contribution in [1.82, 2.24) is 14.8 Å². The Morgan fingerprint density at radius 2 is 1.76 bits per heavy atom. The van der Waals surface area contributed by atoms with Crippen LogP contribution in [0.3, 0.4) is 0 Å². The zero-order chi connectivity index (χ0) is 26.6. The topological polar surface area (TPSA) is 114 Å². The number of rotatable bonds is 3. The predicted molar refractivity (Wildman–Crippen MR) is 145 cm³/mol. The molecule has 0 fully saturated rings. The van der Waals surface area contributed by atoms with E-state index in [1.807, 2.05) is 35.8 Å². The number of hydrogen-bond donors (Lipinski definition) is 0. The third-order valence-corrected chi connectivity index (χ3v) is 8.03. The smallest absolute Gasteiger partial charge is 0.272 e. The summed E-state index contributed by atoms with van der Waals surface area (Å²) in [6.45, 7) is 6.03. The van der Waals surface area contributed by atoms with E-state index in [9.17, 15) is 9.59 Å². The SMILES string of the molecule is Cc1sc2c(c1C)C(c1ccc(Cl)cc1)=N[C@@H](CC(=O)N=C1N=NC(=O)c3ccccc31)c1nnc(C)n1-2. The summed E-state index contributed by atoms with van der Waals surface area (Å²) in [5, 5.41) is 17.9. The first kappa shape index (κ1) is 24.2. The highest BCUT2D eigenvalue weighted by atomic mass is 35.5. The maximum atomic E-state index is 13.3. The number of aromatic nitrogens is 3. The summed E-state index contributed by atoms with van der Waals surface area (Å²) in [5.74, 6) is 0.436. The standard InChI is InChI=1S/C27H20ClN7O2S/c1-13-14(2)38-27-22(13)23(16-8-10-17(28)11-9-16)29-20(25-33-31-15(3)35(25)27)12-21(36)30-24-18-6-4-5-7-19(18)26(37)34-32-24/h4-11,20H,12H2,1-3H3/t20-/m0/s1. The minimum atomic E-state index is -0.657. The minimum absolute atomic E-state index is 0.0721. The highest BCUT2D eigenvalue weighted by Crippen LogP contribution is 2.39. The van der Waals surface area contributed by atoms with E-state index in [1.54, 1.807) is 35.6 Å². The summed E-state index contributed by atoms with van der Waals surface area (Å²) >= 11 is 7.81. The van der Waals surface area contributed by atoms with Crippen LogP contribution in [-0.4, -0.2) is 38.1 Å². The van der Waals surface area contributed by atoms with Crippen molar-refractivity contribution in [2.45, 2.75) is 33.2 Å². The molecule has 0 N–H and O–H groups in total. The van der Waals surface area contributed by atoms with Crippen molar-refractivity contribution in [2.75, 3.05) is 0 Å². The largest absolute Gasteiger partial charge is 0.296 e. The van der Waals surface area contributed by atoms with Crippen molar-refractivity contribution in [3.63, 3.8) is 0 Å². The van der Waals surface area contributed by atoms with Gasteiger partial charge in [-0.1, -0.05) is 41.9 Å². The molecular weight excluding hydrogens is 522 g/mol. The van der Waals surface area contributed by atoms with Crippen LogP contribution in [0.2, 0.25) is 5.02 Å². The van der Waals surface area contributed by atoms with Gasteiger partial charge < -0.3 is 0 Å². The van der Waals surface area contributed by atoms with E-state index < -0.39 is 17.9 Å². The Hall–Kier alpha value is -4.15. The molecule has 6 rings (SSSR count). The predicted octanol–water partition coefficient (Wildman–Crippen LogP) is 5.77. The molecule has 0 bridgehead atoms. The van der Waals surface area contributed by atoms with Crippen LogP contribution in [0.25, 0.3) is 5.00 Å². The van der Waals surface area contributed by atoms with Crippen LogP contribution in [0.5, 0.6) is 0 Å². The van der Waals surface area contributed by atoms with Crippen molar-refractivity contribution in [2.24, 2.45) is 20.2 Å². The van der Waals surface area contributed by atoms with E-state index in [4.69, 9.17) is 16.6 Å². The Balaban J connectivity index is 1.46. The number of aliphatic imine (C=N–C) groups is 2. The second-order valence-electron chi connectivity index (χ2n) is 8.99. The van der Waals surface area contributed by atoms with Gasteiger partial charge in [0, 0.05) is 26.6 Å². The van der Waals surface area contributed by atoms with Crippen molar-refractivity contribution in [3.05, 3.63) is 97.9 Å². The highest BCUT2D eigenvalue weighted by molar-refractivity contribution is 7.15. The Labute approximate surface area is 226 Å². The first-order valence-corrected chi connectivity index (χ1v) is 13.0. The van der Waals surface area contributed by atoms with Gasteiger partial charge in [0.15, 0.2) is 11.7 Å². The van der Waals surface area contributed by atoms with Crippen LogP contribution in [0.15, 0.2) is 68.7 Å². The molecule has 38 heavy (non-hydrogen) atoms. The molecule has 2 aliphatic rings. The molecule has 0 saturated carbocycles. The quantitative estimate of drug-likeness (QED) is 0.327. The molecule has 4 aromatic rings. The number of amides is 2. The van der Waals surface area contributed by atoms with Gasteiger partial charge in [-0.05, 0) is 44.5 Å². The van der Waals surface area contributed by atoms with E-state index in [0.29, 0.717) is 27.8 Å². The number of benzene rings is 2. The number of aryl methyl sites for hydroxylation is 2. The second-order valence-corrected chi connectivity index (χ2v) is 10.6. The maximum Gasteiger partial charge on any atom is 0.296 e. The van der Waals surface area contributed by atoms with E-state index >= 15 is 0 Å². The van der Waals surface area contributed by atoms with Gasteiger partial charge in [0.2, 0.25) is 5.91 Å². The number of azo groups is 1. The number of amidine groups is 1. The molecule has 0 saturated heterocycles. The van der Waals surface area contributed by atoms with E-state index in [2.05, 4.69) is 39.3 Å². The van der Waals surface area contributed by atoms with Gasteiger partial charge in [-0.15, -0.1) is 31.8 Å². The van der Waals surface area contributed by atoms with Crippen molar-refractivity contribution in [3.8, 4) is 5.00 Å². The maximum absolute atomic E-state index is 13.3. The molecular formula is C27H20ClN7O2S. The lowest BCUT2D eigenvalue weighted by Gasteiger charge is -2.12. The Bertz CT molecular complexity index is 1730. The zero-order valence-corrected chi connectivity index (χ0v) is 22.2. The third kappa shape index (κ3) is 4.02. The van der Waals surface area contributed by atoms with Gasteiger partial charge in [0.1, 0.15) is 16.9 Å². The van der Waals surface area contributed by atoms with Gasteiger partial charge >= 0.3 is 0 Å². The summed E-state index contributed by atoms with van der Waals surface area (Å²) in [6.07, 6.45) is -0.0721. The number of carbonyl (C=O) groups is 2. The second kappa shape index (κ2) is 9.30. The molecule has 9 nitrogen and oxygen atoms in total. The first-order chi connectivity index (χ1) is 18.3. The van der Waals surface area contributed by atoms with Crippen LogP contribution in [-0.2, 0) is 4.79 Å².